The SMILES string of the molecule is COc1ccc([C@H]2C3=CC[C@@H]4C(=O)N(c5ccc(Cl)cc5)C(=O)[C@@H]4[C@@H]3C[C@@]3(Cl)C(=O)N(CBr)C(=O)[C@@]23Cl)c(O)c1. The molecular weight excluding hydrogens is 647 g/mol. The van der Waals surface area contributed by atoms with Crippen molar-refractivity contribution in [2.75, 3.05) is 17.5 Å². The van der Waals surface area contributed by atoms with Crippen molar-refractivity contribution >= 4 is 80.0 Å². The van der Waals surface area contributed by atoms with Crippen molar-refractivity contribution in [3.63, 3.8) is 0 Å². The lowest BCUT2D eigenvalue weighted by molar-refractivity contribution is -0.138. The quantitative estimate of drug-likeness (QED) is 0.214. The van der Waals surface area contributed by atoms with E-state index in [2.05, 4.69) is 15.9 Å². The number of allylic oxidation sites excluding steroid dienone is 2. The monoisotopic (exact) mass is 666 g/mol. The fraction of sp³-hybridized carbons (Fsp3) is 0.357. The molecule has 2 saturated heterocycles. The third-order valence-electron chi connectivity index (χ3n) is 8.65. The van der Waals surface area contributed by atoms with E-state index < -0.39 is 51.1 Å². The number of ether oxygens (including phenoxy) is 1. The number of hydrogen-bond acceptors (Lipinski definition) is 6. The molecule has 0 bridgehead atoms. The highest BCUT2D eigenvalue weighted by Crippen LogP contribution is 2.66. The molecule has 3 fully saturated rings. The first-order valence-corrected chi connectivity index (χ1v) is 14.8. The van der Waals surface area contributed by atoms with Gasteiger partial charge in [-0.2, -0.15) is 0 Å². The van der Waals surface area contributed by atoms with E-state index in [1.54, 1.807) is 36.4 Å². The van der Waals surface area contributed by atoms with E-state index in [0.717, 1.165) is 9.80 Å². The van der Waals surface area contributed by atoms with Gasteiger partial charge in [-0.3, -0.25) is 29.0 Å². The van der Waals surface area contributed by atoms with Crippen LogP contribution in [0.2, 0.25) is 5.02 Å². The largest absolute Gasteiger partial charge is 0.508 e. The Morgan fingerprint density at radius 2 is 1.73 bits per heavy atom. The Morgan fingerprint density at radius 3 is 2.35 bits per heavy atom. The van der Waals surface area contributed by atoms with Gasteiger partial charge < -0.3 is 9.84 Å². The number of halogens is 4. The minimum atomic E-state index is -2.00. The lowest BCUT2D eigenvalue weighted by Gasteiger charge is -2.50. The predicted octanol–water partition coefficient (Wildman–Crippen LogP) is 4.97. The highest BCUT2D eigenvalue weighted by Gasteiger charge is 2.76. The number of methoxy groups -OCH3 is 1. The third-order valence-corrected chi connectivity index (χ3v) is 10.8. The van der Waals surface area contributed by atoms with E-state index >= 15 is 0 Å². The topological polar surface area (TPSA) is 104 Å². The summed E-state index contributed by atoms with van der Waals surface area (Å²) in [5.74, 6) is -5.32. The van der Waals surface area contributed by atoms with Crippen LogP contribution in [0.25, 0.3) is 0 Å². The Hall–Kier alpha value is -2.59. The lowest BCUT2D eigenvalue weighted by Crippen LogP contribution is -2.60. The number of aromatic hydroxyl groups is 1. The maximum atomic E-state index is 14.0. The number of hydrogen-bond donors (Lipinski definition) is 1. The second-order valence-corrected chi connectivity index (χ2v) is 12.6. The number of anilines is 1. The predicted molar refractivity (Wildman–Crippen MR) is 152 cm³/mol. The van der Waals surface area contributed by atoms with Gasteiger partial charge in [-0.05, 0) is 49.1 Å². The molecule has 6 rings (SSSR count). The Kier molecular flexibility index (Phi) is 6.53. The maximum absolute atomic E-state index is 14.0. The maximum Gasteiger partial charge on any atom is 0.254 e. The van der Waals surface area contributed by atoms with Gasteiger partial charge in [0.05, 0.1) is 30.1 Å². The third kappa shape index (κ3) is 3.50. The number of phenolic OH excluding ortho intramolecular Hbond substituents is 1. The van der Waals surface area contributed by atoms with Crippen molar-refractivity contribution < 1.29 is 29.0 Å². The van der Waals surface area contributed by atoms with E-state index in [4.69, 9.17) is 39.5 Å². The highest BCUT2D eigenvalue weighted by atomic mass is 79.9. The van der Waals surface area contributed by atoms with E-state index in [0.29, 0.717) is 22.0 Å². The molecule has 0 radical (unpaired) electrons. The summed E-state index contributed by atoms with van der Waals surface area (Å²) in [6.07, 6.45) is 1.89. The standard InChI is InChI=1S/C28H22BrCl3N2O6/c1-40-15-6-7-17(20(35)10-15)22-16-8-9-18-21(24(37)34(23(18)36)14-4-2-13(30)3-5-14)19(16)11-27(31)25(38)33(12-29)26(39)28(22,27)32/h2-8,10,18-19,21-22,35H,9,11-12H2,1H3/t18-,19+,21-,22+,27+,28-/m0/s1. The van der Waals surface area contributed by atoms with Crippen molar-refractivity contribution in [2.24, 2.45) is 17.8 Å². The second-order valence-electron chi connectivity index (χ2n) is 10.4. The molecule has 4 aliphatic rings. The van der Waals surface area contributed by atoms with E-state index in [1.165, 1.54) is 13.2 Å². The van der Waals surface area contributed by atoms with Gasteiger partial charge in [-0.25, -0.2) is 0 Å². The van der Waals surface area contributed by atoms with Gasteiger partial charge in [-0.1, -0.05) is 45.2 Å². The van der Waals surface area contributed by atoms with Crippen molar-refractivity contribution in [1.82, 2.24) is 4.90 Å². The molecule has 4 amide bonds. The van der Waals surface area contributed by atoms with Gasteiger partial charge in [0.25, 0.3) is 11.8 Å². The second kappa shape index (κ2) is 9.48. The first-order chi connectivity index (χ1) is 19.0. The number of benzene rings is 2. The number of fused-ring (bicyclic) bond motifs is 4. The summed E-state index contributed by atoms with van der Waals surface area (Å²) < 4.78 is 5.23. The number of likely N-dealkylation sites (tertiary alicyclic amines) is 1. The molecule has 12 heteroatoms. The molecule has 0 aromatic heterocycles. The minimum absolute atomic E-state index is 0.132. The lowest BCUT2D eigenvalue weighted by atomic mass is 9.56. The number of carbonyl (C=O) groups excluding carboxylic acids is 4. The molecule has 1 N–H and O–H groups in total. The average molecular weight is 669 g/mol. The number of nitrogens with zero attached hydrogens (tertiary/aromatic N) is 2. The zero-order valence-electron chi connectivity index (χ0n) is 20.9. The van der Waals surface area contributed by atoms with Crippen molar-refractivity contribution in [3.8, 4) is 11.5 Å². The zero-order chi connectivity index (χ0) is 28.7. The Morgan fingerprint density at radius 1 is 1.02 bits per heavy atom. The number of rotatable bonds is 4. The molecule has 2 aromatic rings. The molecule has 208 valence electrons. The molecule has 0 unspecified atom stereocenters. The fourth-order valence-corrected chi connectivity index (χ4v) is 8.38. The van der Waals surface area contributed by atoms with Crippen LogP contribution >= 0.6 is 50.7 Å². The Balaban J connectivity index is 1.52. The molecular formula is C28H22BrCl3N2O6. The van der Waals surface area contributed by atoms with Crippen molar-refractivity contribution in [3.05, 3.63) is 64.7 Å². The number of alkyl halides is 3. The number of amides is 4. The summed E-state index contributed by atoms with van der Waals surface area (Å²) in [7, 11) is 1.45. The van der Waals surface area contributed by atoms with Crippen LogP contribution in [0.5, 0.6) is 11.5 Å². The van der Waals surface area contributed by atoms with Gasteiger partial charge in [0.2, 0.25) is 11.8 Å². The molecule has 2 aromatic carbocycles. The number of imide groups is 2. The van der Waals surface area contributed by atoms with E-state index in [-0.39, 0.29) is 35.5 Å². The normalized spacial score (nSPS) is 33.1. The first-order valence-electron chi connectivity index (χ1n) is 12.5. The van der Waals surface area contributed by atoms with E-state index in [9.17, 15) is 24.3 Å². The Bertz CT molecular complexity index is 1520. The summed E-state index contributed by atoms with van der Waals surface area (Å²) in [6.45, 7) is 0. The number of carbonyl (C=O) groups is 4. The minimum Gasteiger partial charge on any atom is -0.508 e. The molecule has 40 heavy (non-hydrogen) atoms. The summed E-state index contributed by atoms with van der Waals surface area (Å²) >= 11 is 23.6. The van der Waals surface area contributed by atoms with Crippen LogP contribution in [0, 0.1) is 17.8 Å². The molecule has 0 spiro atoms. The van der Waals surface area contributed by atoms with Gasteiger partial charge in [0.1, 0.15) is 11.5 Å². The Labute approximate surface area is 252 Å². The molecule has 8 nitrogen and oxygen atoms in total. The van der Waals surface area contributed by atoms with Gasteiger partial charge >= 0.3 is 0 Å². The van der Waals surface area contributed by atoms with Crippen LogP contribution in [-0.4, -0.2) is 55.9 Å². The van der Waals surface area contributed by atoms with Crippen LogP contribution in [0.15, 0.2) is 54.1 Å². The van der Waals surface area contributed by atoms with Gasteiger partial charge in [0, 0.05) is 22.6 Å². The van der Waals surface area contributed by atoms with Crippen LogP contribution in [0.3, 0.4) is 0 Å². The fourth-order valence-electron chi connectivity index (χ4n) is 6.84. The highest BCUT2D eigenvalue weighted by molar-refractivity contribution is 9.09. The molecule has 6 atom stereocenters. The summed E-state index contributed by atoms with van der Waals surface area (Å²) in [5, 5.41) is 11.5. The van der Waals surface area contributed by atoms with Crippen LogP contribution in [-0.2, 0) is 19.2 Å². The molecule has 2 aliphatic heterocycles. The van der Waals surface area contributed by atoms with Crippen molar-refractivity contribution in [1.29, 1.82) is 0 Å². The smallest absolute Gasteiger partial charge is 0.254 e. The van der Waals surface area contributed by atoms with E-state index in [1.807, 2.05) is 6.08 Å². The zero-order valence-corrected chi connectivity index (χ0v) is 24.8. The molecule has 1 saturated carbocycles. The summed E-state index contributed by atoms with van der Waals surface area (Å²) in [4.78, 5) is 53.2. The summed E-state index contributed by atoms with van der Waals surface area (Å²) in [5.41, 5.74) is 1.11. The summed E-state index contributed by atoms with van der Waals surface area (Å²) in [6, 6.07) is 11.0. The van der Waals surface area contributed by atoms with Crippen LogP contribution < -0.4 is 9.64 Å². The van der Waals surface area contributed by atoms with Gasteiger partial charge in [-0.15, -0.1) is 23.2 Å². The van der Waals surface area contributed by atoms with Gasteiger partial charge in [0.15, 0.2) is 9.75 Å². The first kappa shape index (κ1) is 27.6. The molecule has 2 aliphatic carbocycles. The average Bonchev–Trinajstić information content (AvgIpc) is 3.27. The number of phenols is 1. The molecule has 2 heterocycles. The van der Waals surface area contributed by atoms with Crippen molar-refractivity contribution in [2.45, 2.75) is 28.5 Å². The van der Waals surface area contributed by atoms with Crippen LogP contribution in [0.4, 0.5) is 5.69 Å². The van der Waals surface area contributed by atoms with Crippen LogP contribution in [0.1, 0.15) is 24.3 Å².